The van der Waals surface area contributed by atoms with Gasteiger partial charge in [-0.05, 0) is 55.4 Å². The van der Waals surface area contributed by atoms with Crippen molar-refractivity contribution in [3.8, 4) is 5.69 Å². The maximum absolute atomic E-state index is 12.8. The minimum atomic E-state index is -0.488. The molecule has 1 saturated carbocycles. The fraction of sp³-hybridized carbons (Fsp3) is 0.458. The van der Waals surface area contributed by atoms with E-state index < -0.39 is 5.91 Å². The number of amides is 1. The highest BCUT2D eigenvalue weighted by atomic mass is 16.1. The highest BCUT2D eigenvalue weighted by Gasteiger charge is 2.35. The zero-order valence-corrected chi connectivity index (χ0v) is 17.9. The van der Waals surface area contributed by atoms with Crippen LogP contribution in [-0.4, -0.2) is 28.1 Å². The number of nitrogens with two attached hydrogens (primary N) is 1. The van der Waals surface area contributed by atoms with Crippen LogP contribution in [0.2, 0.25) is 0 Å². The van der Waals surface area contributed by atoms with E-state index in [-0.39, 0.29) is 17.2 Å². The molecule has 0 aliphatic heterocycles. The molecule has 3 N–H and O–H groups in total. The molecule has 158 valence electrons. The van der Waals surface area contributed by atoms with Crippen LogP contribution in [0.4, 0.5) is 5.69 Å². The van der Waals surface area contributed by atoms with Crippen molar-refractivity contribution in [3.05, 3.63) is 46.8 Å². The van der Waals surface area contributed by atoms with Crippen LogP contribution < -0.4 is 11.1 Å². The fourth-order valence-electron chi connectivity index (χ4n) is 4.83. The van der Waals surface area contributed by atoms with Gasteiger partial charge in [0.15, 0.2) is 5.78 Å². The summed E-state index contributed by atoms with van der Waals surface area (Å²) in [6.07, 6.45) is 6.00. The van der Waals surface area contributed by atoms with Gasteiger partial charge in [-0.25, -0.2) is 0 Å². The molecule has 1 aromatic heterocycles. The van der Waals surface area contributed by atoms with Crippen LogP contribution in [0, 0.1) is 12.3 Å². The number of fused-ring (bicyclic) bond motifs is 1. The monoisotopic (exact) mass is 407 g/mol. The van der Waals surface area contributed by atoms with E-state index >= 15 is 0 Å². The fourth-order valence-corrected chi connectivity index (χ4v) is 4.83. The number of carbonyl (C=O) groups is 3. The maximum Gasteiger partial charge on any atom is 0.250 e. The molecular weight excluding hydrogens is 378 g/mol. The number of rotatable bonds is 4. The van der Waals surface area contributed by atoms with Gasteiger partial charge in [0.2, 0.25) is 0 Å². The van der Waals surface area contributed by atoms with Crippen molar-refractivity contribution < 1.29 is 14.4 Å². The van der Waals surface area contributed by atoms with Crippen molar-refractivity contribution in [2.45, 2.75) is 65.3 Å². The van der Waals surface area contributed by atoms with Gasteiger partial charge in [-0.15, -0.1) is 0 Å². The molecule has 1 amide bonds. The SMILES string of the molecule is Cc1cn(-c2ccc(C(N)=O)c(NC3CCC(=O)CC3)c2)c2c1C(=O)CC(C)(C)C2. The number of aromatic nitrogens is 1. The topological polar surface area (TPSA) is 94.2 Å². The molecule has 2 aliphatic rings. The van der Waals surface area contributed by atoms with Gasteiger partial charge in [0.25, 0.3) is 5.91 Å². The van der Waals surface area contributed by atoms with Gasteiger partial charge < -0.3 is 15.6 Å². The van der Waals surface area contributed by atoms with Crippen molar-refractivity contribution in [1.29, 1.82) is 0 Å². The van der Waals surface area contributed by atoms with Crippen LogP contribution in [0.1, 0.15) is 77.9 Å². The van der Waals surface area contributed by atoms with Gasteiger partial charge in [0.05, 0.1) is 5.56 Å². The number of anilines is 1. The van der Waals surface area contributed by atoms with E-state index in [2.05, 4.69) is 23.7 Å². The minimum absolute atomic E-state index is 0.0878. The van der Waals surface area contributed by atoms with E-state index in [0.29, 0.717) is 36.3 Å². The third-order valence-corrected chi connectivity index (χ3v) is 6.31. The summed E-state index contributed by atoms with van der Waals surface area (Å²) in [6.45, 7) is 6.21. The summed E-state index contributed by atoms with van der Waals surface area (Å²) in [5, 5.41) is 3.44. The lowest BCUT2D eigenvalue weighted by Crippen LogP contribution is -2.28. The molecule has 30 heavy (non-hydrogen) atoms. The number of benzene rings is 1. The van der Waals surface area contributed by atoms with Crippen molar-refractivity contribution in [1.82, 2.24) is 4.57 Å². The Hall–Kier alpha value is -2.89. The number of aryl methyl sites for hydroxylation is 1. The van der Waals surface area contributed by atoms with Gasteiger partial charge in [-0.3, -0.25) is 14.4 Å². The zero-order valence-electron chi connectivity index (χ0n) is 17.9. The van der Waals surface area contributed by atoms with Gasteiger partial charge in [-0.2, -0.15) is 0 Å². The van der Waals surface area contributed by atoms with E-state index in [1.807, 2.05) is 25.3 Å². The molecule has 0 atom stereocenters. The molecular formula is C24H29N3O3. The summed E-state index contributed by atoms with van der Waals surface area (Å²) < 4.78 is 2.07. The number of Topliss-reactive ketones (excluding diaryl/α,β-unsaturated/α-hetero) is 2. The summed E-state index contributed by atoms with van der Waals surface area (Å²) in [4.78, 5) is 36.3. The number of carbonyl (C=O) groups excluding carboxylic acids is 3. The second-order valence-corrected chi connectivity index (χ2v) is 9.50. The lowest BCUT2D eigenvalue weighted by atomic mass is 9.75. The molecule has 2 aromatic rings. The predicted molar refractivity (Wildman–Crippen MR) is 116 cm³/mol. The molecule has 6 nitrogen and oxygen atoms in total. The Bertz CT molecular complexity index is 1040. The van der Waals surface area contributed by atoms with Crippen LogP contribution in [-0.2, 0) is 11.2 Å². The summed E-state index contributed by atoms with van der Waals surface area (Å²) in [7, 11) is 0. The minimum Gasteiger partial charge on any atom is -0.382 e. The van der Waals surface area contributed by atoms with Gasteiger partial charge >= 0.3 is 0 Å². The van der Waals surface area contributed by atoms with Crippen molar-refractivity contribution in [2.75, 3.05) is 5.32 Å². The highest BCUT2D eigenvalue weighted by Crippen LogP contribution is 2.38. The number of hydrogen-bond acceptors (Lipinski definition) is 4. The first-order valence-electron chi connectivity index (χ1n) is 10.6. The quantitative estimate of drug-likeness (QED) is 0.802. The van der Waals surface area contributed by atoms with E-state index in [0.717, 1.165) is 41.8 Å². The molecule has 1 heterocycles. The molecule has 6 heteroatoms. The number of nitrogens with one attached hydrogen (secondary N) is 1. The molecule has 1 fully saturated rings. The first kappa shape index (κ1) is 20.4. The number of hydrogen-bond donors (Lipinski definition) is 2. The molecule has 0 spiro atoms. The summed E-state index contributed by atoms with van der Waals surface area (Å²) in [5.74, 6) is -0.00640. The van der Waals surface area contributed by atoms with Gasteiger partial charge in [-0.1, -0.05) is 13.8 Å². The largest absolute Gasteiger partial charge is 0.382 e. The van der Waals surface area contributed by atoms with Crippen LogP contribution in [0.3, 0.4) is 0 Å². The van der Waals surface area contributed by atoms with E-state index in [9.17, 15) is 14.4 Å². The van der Waals surface area contributed by atoms with Crippen LogP contribution in [0.15, 0.2) is 24.4 Å². The van der Waals surface area contributed by atoms with E-state index in [1.54, 1.807) is 6.07 Å². The molecule has 0 bridgehead atoms. The number of primary amides is 1. The summed E-state index contributed by atoms with van der Waals surface area (Å²) >= 11 is 0. The molecule has 0 radical (unpaired) electrons. The van der Waals surface area contributed by atoms with E-state index in [4.69, 9.17) is 5.73 Å². The normalized spacial score (nSPS) is 18.9. The zero-order chi connectivity index (χ0) is 21.6. The Morgan fingerprint density at radius 2 is 1.87 bits per heavy atom. The Kier molecular flexibility index (Phi) is 5.04. The summed E-state index contributed by atoms with van der Waals surface area (Å²) in [6, 6.07) is 5.69. The molecule has 0 saturated heterocycles. The lowest BCUT2D eigenvalue weighted by Gasteiger charge is -2.30. The second-order valence-electron chi connectivity index (χ2n) is 9.50. The number of ketones is 2. The molecule has 0 unspecified atom stereocenters. The molecule has 4 rings (SSSR count). The predicted octanol–water partition coefficient (Wildman–Crippen LogP) is 3.96. The van der Waals surface area contributed by atoms with Crippen molar-refractivity contribution in [3.63, 3.8) is 0 Å². The molecule has 1 aromatic carbocycles. The summed E-state index contributed by atoms with van der Waals surface area (Å²) in [5.41, 5.74) is 10.4. The smallest absolute Gasteiger partial charge is 0.250 e. The lowest BCUT2D eigenvalue weighted by molar-refractivity contribution is -0.120. The maximum atomic E-state index is 12.8. The van der Waals surface area contributed by atoms with E-state index in [1.165, 1.54) is 0 Å². The van der Waals surface area contributed by atoms with Crippen molar-refractivity contribution in [2.24, 2.45) is 11.1 Å². The Morgan fingerprint density at radius 1 is 1.17 bits per heavy atom. The standard InChI is InChI=1S/C24H29N3O3/c1-14-13-27(20-11-24(2,3)12-21(29)22(14)20)16-6-9-18(23(25)30)19(10-16)26-15-4-7-17(28)8-5-15/h6,9-10,13,15,26H,4-5,7-8,11-12H2,1-3H3,(H2,25,30). The first-order valence-corrected chi connectivity index (χ1v) is 10.6. The Balaban J connectivity index is 1.74. The van der Waals surface area contributed by atoms with Crippen LogP contribution in [0.5, 0.6) is 0 Å². The third-order valence-electron chi connectivity index (χ3n) is 6.31. The second kappa shape index (κ2) is 7.42. The number of nitrogens with zero attached hydrogens (tertiary/aromatic N) is 1. The average molecular weight is 408 g/mol. The molecule has 2 aliphatic carbocycles. The Morgan fingerprint density at radius 3 is 2.53 bits per heavy atom. The van der Waals surface area contributed by atoms with Gasteiger partial charge in [0, 0.05) is 54.1 Å². The van der Waals surface area contributed by atoms with Gasteiger partial charge in [0.1, 0.15) is 5.78 Å². The van der Waals surface area contributed by atoms with Crippen LogP contribution >= 0.6 is 0 Å². The Labute approximate surface area is 176 Å². The highest BCUT2D eigenvalue weighted by molar-refractivity contribution is 6.01. The van der Waals surface area contributed by atoms with Crippen LogP contribution in [0.25, 0.3) is 5.69 Å². The van der Waals surface area contributed by atoms with Crippen molar-refractivity contribution >= 4 is 23.2 Å². The average Bonchev–Trinajstić information content (AvgIpc) is 2.98. The third kappa shape index (κ3) is 3.78. The first-order chi connectivity index (χ1) is 14.1.